The van der Waals surface area contributed by atoms with E-state index in [4.69, 9.17) is 4.74 Å². The first-order valence-corrected chi connectivity index (χ1v) is 21.0. The van der Waals surface area contributed by atoms with Crippen molar-refractivity contribution >= 4 is 41.4 Å². The molecule has 5 N–H and O–H groups in total. The Morgan fingerprint density at radius 3 is 1.95 bits per heavy atom. The third-order valence-corrected chi connectivity index (χ3v) is 11.4. The fourth-order valence-electron chi connectivity index (χ4n) is 6.93. The zero-order chi connectivity index (χ0) is 45.6. The van der Waals surface area contributed by atoms with Crippen LogP contribution in [0.2, 0.25) is 0 Å². The fraction of sp³-hybridized carbons (Fsp3) is 0.659. The van der Waals surface area contributed by atoms with E-state index >= 15 is 0 Å². The van der Waals surface area contributed by atoms with Gasteiger partial charge in [0.05, 0.1) is 12.6 Å². The third-order valence-electron chi connectivity index (χ3n) is 11.4. The predicted molar refractivity (Wildman–Crippen MR) is 225 cm³/mol. The monoisotopic (exact) mass is 845 g/mol. The van der Waals surface area contributed by atoms with Gasteiger partial charge in [-0.15, -0.1) is 0 Å². The molecule has 10 atom stereocenters. The van der Waals surface area contributed by atoms with Crippen LogP contribution in [0.15, 0.2) is 35.9 Å². The molecule has 0 saturated carbocycles. The summed E-state index contributed by atoms with van der Waals surface area (Å²) in [6, 6.07) is 0.327. The lowest BCUT2D eigenvalue weighted by Gasteiger charge is -2.34. The molecule has 0 bridgehead atoms. The number of nitrogens with zero attached hydrogens (tertiary/aromatic N) is 2. The Morgan fingerprint density at radius 1 is 0.800 bits per heavy atom. The fourth-order valence-corrected chi connectivity index (χ4v) is 6.93. The molecule has 1 aromatic carbocycles. The van der Waals surface area contributed by atoms with Crippen molar-refractivity contribution in [3.8, 4) is 0 Å². The van der Waals surface area contributed by atoms with Crippen molar-refractivity contribution in [2.75, 3.05) is 20.6 Å². The van der Waals surface area contributed by atoms with Crippen LogP contribution < -0.4 is 21.3 Å². The number of cyclic esters (lactones) is 1. The maximum atomic E-state index is 14.1. The smallest absolute Gasteiger partial charge is 0.334 e. The Morgan fingerprint density at radius 2 is 1.38 bits per heavy atom. The Labute approximate surface area is 355 Å². The van der Waals surface area contributed by atoms with Gasteiger partial charge in [0.1, 0.15) is 30.0 Å². The Bertz CT molecular complexity index is 1690. The molecule has 0 saturated heterocycles. The average Bonchev–Trinajstić information content (AvgIpc) is 3.20. The summed E-state index contributed by atoms with van der Waals surface area (Å²) in [4.78, 5) is 98.1. The number of hydrogen-bond acceptors (Lipinski definition) is 9. The summed E-state index contributed by atoms with van der Waals surface area (Å²) in [5.41, 5.74) is 0.655. The average molecular weight is 845 g/mol. The SMILES string of the molecule is CC[C@H](C)[C@H]1NC(=O)[C@@H](C)NC(=O)[C@H]([C@@H](C)CC)NC(=O)CN(C)C(=O)[C@@H](Cc2ccc(F)cc2)N(C)C(=O)[C@H](C)NC(=O)[C@@H](CC(C)C)OC(=O)/C(C)=C/C[C@H](O)[C@@H]1C. The zero-order valence-corrected chi connectivity index (χ0v) is 37.5. The lowest BCUT2D eigenvalue weighted by atomic mass is 9.84. The van der Waals surface area contributed by atoms with Gasteiger partial charge in [0.25, 0.3) is 5.91 Å². The molecule has 0 radical (unpaired) electrons. The van der Waals surface area contributed by atoms with E-state index in [9.17, 15) is 43.1 Å². The van der Waals surface area contributed by atoms with Crippen molar-refractivity contribution < 1.29 is 47.8 Å². The van der Waals surface area contributed by atoms with E-state index in [-0.39, 0.29) is 42.6 Å². The summed E-state index contributed by atoms with van der Waals surface area (Å²) in [6.07, 6.45) is 0.464. The van der Waals surface area contributed by atoms with E-state index in [2.05, 4.69) is 21.3 Å². The second kappa shape index (κ2) is 23.8. The molecule has 1 heterocycles. The molecule has 0 fully saturated rings. The number of halogens is 1. The minimum Gasteiger partial charge on any atom is -0.449 e. The predicted octanol–water partition coefficient (Wildman–Crippen LogP) is 3.03. The number of hydrogen-bond donors (Lipinski definition) is 5. The summed E-state index contributed by atoms with van der Waals surface area (Å²) in [7, 11) is 2.75. The van der Waals surface area contributed by atoms with Crippen molar-refractivity contribution in [2.45, 2.75) is 144 Å². The lowest BCUT2D eigenvalue weighted by Crippen LogP contribution is -2.58. The Kier molecular flexibility index (Phi) is 20.3. The van der Waals surface area contributed by atoms with Gasteiger partial charge >= 0.3 is 5.97 Å². The quantitative estimate of drug-likeness (QED) is 0.244. The second-order valence-corrected chi connectivity index (χ2v) is 16.9. The first-order chi connectivity index (χ1) is 28.0. The van der Waals surface area contributed by atoms with Gasteiger partial charge in [-0.25, -0.2) is 9.18 Å². The summed E-state index contributed by atoms with van der Waals surface area (Å²) in [5, 5.41) is 22.3. The molecular weight excluding hydrogens is 776 g/mol. The van der Waals surface area contributed by atoms with Crippen LogP contribution in [0.3, 0.4) is 0 Å². The van der Waals surface area contributed by atoms with Crippen LogP contribution in [0.1, 0.15) is 100 Å². The number of nitrogens with one attached hydrogen (secondary N) is 4. The van der Waals surface area contributed by atoms with Gasteiger partial charge in [-0.3, -0.25) is 28.8 Å². The summed E-state index contributed by atoms with van der Waals surface area (Å²) in [5.74, 6) is -6.18. The maximum absolute atomic E-state index is 14.1. The van der Waals surface area contributed by atoms with Gasteiger partial charge in [-0.05, 0) is 69.1 Å². The molecule has 60 heavy (non-hydrogen) atoms. The molecule has 1 aliphatic heterocycles. The number of carbonyl (C=O) groups excluding carboxylic acids is 7. The van der Waals surface area contributed by atoms with Crippen LogP contribution in [0.4, 0.5) is 4.39 Å². The number of benzene rings is 1. The van der Waals surface area contributed by atoms with E-state index in [0.717, 1.165) is 9.80 Å². The highest BCUT2D eigenvalue weighted by Crippen LogP contribution is 2.23. The number of aliphatic hydroxyl groups excluding tert-OH is 1. The van der Waals surface area contributed by atoms with E-state index < -0.39 is 102 Å². The van der Waals surface area contributed by atoms with Crippen molar-refractivity contribution in [3.63, 3.8) is 0 Å². The van der Waals surface area contributed by atoms with Crippen LogP contribution >= 0.6 is 0 Å². The van der Waals surface area contributed by atoms with E-state index in [0.29, 0.717) is 18.4 Å². The van der Waals surface area contributed by atoms with Crippen LogP contribution in [-0.2, 0) is 44.7 Å². The molecule has 6 amide bonds. The molecule has 0 unspecified atom stereocenters. The molecular formula is C44H69FN6O9. The van der Waals surface area contributed by atoms with E-state index in [1.165, 1.54) is 65.2 Å². The largest absolute Gasteiger partial charge is 0.449 e. The number of amides is 6. The van der Waals surface area contributed by atoms with Gasteiger partial charge in [-0.2, -0.15) is 0 Å². The van der Waals surface area contributed by atoms with Crippen molar-refractivity contribution in [3.05, 3.63) is 47.3 Å². The summed E-state index contributed by atoms with van der Waals surface area (Å²) < 4.78 is 19.5. The normalized spacial score (nSPS) is 28.8. The van der Waals surface area contributed by atoms with Gasteiger partial charge in [-0.1, -0.05) is 79.5 Å². The van der Waals surface area contributed by atoms with Crippen LogP contribution in [-0.4, -0.2) is 119 Å². The highest BCUT2D eigenvalue weighted by molar-refractivity contribution is 5.96. The molecule has 1 aromatic rings. The number of likely N-dealkylation sites (N-methyl/N-ethyl adjacent to an activating group) is 2. The molecule has 1 aliphatic rings. The maximum Gasteiger partial charge on any atom is 0.334 e. The van der Waals surface area contributed by atoms with Crippen molar-refractivity contribution in [2.24, 2.45) is 23.7 Å². The topological polar surface area (TPSA) is 204 Å². The number of ether oxygens (including phenoxy) is 1. The highest BCUT2D eigenvalue weighted by atomic mass is 19.1. The van der Waals surface area contributed by atoms with Crippen LogP contribution in [0.5, 0.6) is 0 Å². The minimum atomic E-state index is -1.28. The van der Waals surface area contributed by atoms with Gasteiger partial charge in [0, 0.05) is 38.0 Å². The van der Waals surface area contributed by atoms with Crippen molar-refractivity contribution in [1.29, 1.82) is 0 Å². The van der Waals surface area contributed by atoms with Gasteiger partial charge < -0.3 is 40.9 Å². The van der Waals surface area contributed by atoms with Crippen LogP contribution in [0.25, 0.3) is 0 Å². The first-order valence-electron chi connectivity index (χ1n) is 21.0. The third kappa shape index (κ3) is 15.0. The Balaban J connectivity index is 2.62. The number of rotatable bonds is 8. The highest BCUT2D eigenvalue weighted by Gasteiger charge is 2.36. The Hall–Kier alpha value is -4.86. The summed E-state index contributed by atoms with van der Waals surface area (Å²) in [6.45, 7) is 16.9. The molecule has 336 valence electrons. The van der Waals surface area contributed by atoms with E-state index in [1.54, 1.807) is 13.8 Å². The number of carbonyl (C=O) groups is 7. The molecule has 0 aliphatic carbocycles. The summed E-state index contributed by atoms with van der Waals surface area (Å²) >= 11 is 0. The zero-order valence-electron chi connectivity index (χ0n) is 37.5. The van der Waals surface area contributed by atoms with Crippen LogP contribution in [0, 0.1) is 29.5 Å². The van der Waals surface area contributed by atoms with Gasteiger partial charge in [0.15, 0.2) is 6.10 Å². The standard InChI is InChI=1S/C44H69FN6O9/c1-13-25(5)37-28(8)34(52)20-15-27(7)44(59)60-35(21-24(3)4)40(55)47-30(10)42(57)51(12)33(22-31-16-18-32(45)19-17-31)43(58)50(11)23-36(53)48-38(26(6)14-2)41(56)46-29(9)39(54)49-37/h15-19,24-26,28-30,33-35,37-38,52H,13-14,20-23H2,1-12H3,(H,46,56)(H,47,55)(H,48,53)(H,49,54)/b27-15+/t25-,26-,28-,29+,30-,33+,34-,35+,37+,38-/m0/s1. The lowest BCUT2D eigenvalue weighted by molar-refractivity contribution is -0.154. The van der Waals surface area contributed by atoms with Crippen molar-refractivity contribution in [1.82, 2.24) is 31.1 Å². The molecule has 16 heteroatoms. The van der Waals surface area contributed by atoms with Gasteiger partial charge in [0.2, 0.25) is 29.5 Å². The molecule has 0 aromatic heterocycles. The first kappa shape index (κ1) is 51.3. The second-order valence-electron chi connectivity index (χ2n) is 16.9. The molecule has 15 nitrogen and oxygen atoms in total. The minimum absolute atomic E-state index is 0.0272. The number of esters is 1. The molecule has 2 rings (SSSR count). The molecule has 0 spiro atoms. The number of aliphatic hydroxyl groups is 1. The van der Waals surface area contributed by atoms with E-state index in [1.807, 2.05) is 34.6 Å².